The molecule has 170 valence electrons. The molecule has 0 aliphatic rings. The number of rotatable bonds is 4. The molecule has 0 saturated heterocycles. The molecule has 5 aromatic rings. The number of para-hydroxylation sites is 1. The number of hydrogen-bond acceptors (Lipinski definition) is 6. The summed E-state index contributed by atoms with van der Waals surface area (Å²) in [5, 5.41) is 6.56. The third kappa shape index (κ3) is 3.44. The van der Waals surface area contributed by atoms with Gasteiger partial charge in [0.2, 0.25) is 0 Å². The number of fused-ring (bicyclic) bond motifs is 2. The second-order valence-corrected chi connectivity index (χ2v) is 7.92. The van der Waals surface area contributed by atoms with E-state index >= 15 is 0 Å². The number of hydrogen-bond donors (Lipinski definition) is 2. The number of amides is 1. The highest BCUT2D eigenvalue weighted by atomic mass is 35.5. The lowest BCUT2D eigenvalue weighted by atomic mass is 10.2. The number of nitrogens with one attached hydrogen (secondary N) is 1. The largest absolute Gasteiger partial charge is 0.381 e. The Morgan fingerprint density at radius 2 is 1.94 bits per heavy atom. The maximum absolute atomic E-state index is 14.1. The van der Waals surface area contributed by atoms with E-state index in [1.54, 1.807) is 49.5 Å². The SMILES string of the molecule is C[C@H](NC(=O)c1c(N)nn2cccnc12)c1nc2ccc(F)c(Cl)c2c(=O)n1-c1ccccc1. The molecule has 1 atom stereocenters. The highest BCUT2D eigenvalue weighted by Crippen LogP contribution is 2.26. The molecule has 0 saturated carbocycles. The summed E-state index contributed by atoms with van der Waals surface area (Å²) in [6.07, 6.45) is 3.15. The number of aromatic nitrogens is 5. The monoisotopic (exact) mass is 477 g/mol. The van der Waals surface area contributed by atoms with Crippen LogP contribution < -0.4 is 16.6 Å². The standard InChI is InChI=1S/C23H17ClFN7O2/c1-12(28-22(33)17-19(26)30-31-11-5-10-27-21(17)31)20-29-15-9-8-14(25)18(24)16(15)23(34)32(20)13-6-3-2-4-7-13/h2-12H,1H3,(H2,26,30)(H,28,33)/t12-/m0/s1. The van der Waals surface area contributed by atoms with E-state index in [1.165, 1.54) is 21.3 Å². The molecule has 0 aliphatic carbocycles. The van der Waals surface area contributed by atoms with E-state index in [0.29, 0.717) is 11.3 Å². The fraction of sp³-hybridized carbons (Fsp3) is 0.0870. The summed E-state index contributed by atoms with van der Waals surface area (Å²) in [4.78, 5) is 35.4. The topological polar surface area (TPSA) is 120 Å². The van der Waals surface area contributed by atoms with Gasteiger partial charge in [0.15, 0.2) is 11.5 Å². The van der Waals surface area contributed by atoms with Crippen molar-refractivity contribution in [1.82, 2.24) is 29.5 Å². The number of carbonyl (C=O) groups is 1. The number of nitrogens with two attached hydrogens (primary N) is 1. The third-order valence-corrected chi connectivity index (χ3v) is 5.72. The lowest BCUT2D eigenvalue weighted by Gasteiger charge is -2.20. The van der Waals surface area contributed by atoms with E-state index in [0.717, 1.165) is 6.07 Å². The Kier molecular flexibility index (Phi) is 5.21. The number of benzene rings is 2. The first-order valence-electron chi connectivity index (χ1n) is 10.2. The van der Waals surface area contributed by atoms with Gasteiger partial charge in [-0.2, -0.15) is 0 Å². The number of anilines is 1. The number of nitrogens with zero attached hydrogens (tertiary/aromatic N) is 5. The first-order chi connectivity index (χ1) is 16.4. The van der Waals surface area contributed by atoms with Crippen molar-refractivity contribution in [2.45, 2.75) is 13.0 Å². The van der Waals surface area contributed by atoms with Crippen molar-refractivity contribution in [3.05, 3.63) is 93.5 Å². The van der Waals surface area contributed by atoms with Crippen LogP contribution in [0.5, 0.6) is 0 Å². The fourth-order valence-corrected chi connectivity index (χ4v) is 4.04. The molecule has 0 aliphatic heterocycles. The third-order valence-electron chi connectivity index (χ3n) is 5.35. The summed E-state index contributed by atoms with van der Waals surface area (Å²) in [7, 11) is 0. The second kappa shape index (κ2) is 8.23. The molecule has 9 nitrogen and oxygen atoms in total. The molecular weight excluding hydrogens is 461 g/mol. The maximum Gasteiger partial charge on any atom is 0.267 e. The lowest BCUT2D eigenvalue weighted by molar-refractivity contribution is 0.0940. The molecule has 0 bridgehead atoms. The van der Waals surface area contributed by atoms with Crippen LogP contribution in [0, 0.1) is 5.82 Å². The minimum absolute atomic E-state index is 0.0116. The number of nitrogen functional groups attached to an aromatic ring is 1. The summed E-state index contributed by atoms with van der Waals surface area (Å²) in [5.41, 5.74) is 6.49. The van der Waals surface area contributed by atoms with Crippen LogP contribution in [0.25, 0.3) is 22.2 Å². The van der Waals surface area contributed by atoms with E-state index in [-0.39, 0.29) is 33.1 Å². The minimum Gasteiger partial charge on any atom is -0.381 e. The van der Waals surface area contributed by atoms with Crippen molar-refractivity contribution in [3.63, 3.8) is 0 Å². The molecule has 11 heteroatoms. The van der Waals surface area contributed by atoms with Crippen LogP contribution in [0.15, 0.2) is 65.7 Å². The van der Waals surface area contributed by atoms with Crippen LogP contribution in [0.3, 0.4) is 0 Å². The molecule has 0 unspecified atom stereocenters. The van der Waals surface area contributed by atoms with Crippen LogP contribution in [0.1, 0.15) is 29.1 Å². The van der Waals surface area contributed by atoms with E-state index in [1.807, 2.05) is 0 Å². The summed E-state index contributed by atoms with van der Waals surface area (Å²) in [6, 6.07) is 12.1. The molecule has 0 fully saturated rings. The van der Waals surface area contributed by atoms with Crippen LogP contribution >= 0.6 is 11.6 Å². The molecule has 3 heterocycles. The minimum atomic E-state index is -0.758. The zero-order valence-corrected chi connectivity index (χ0v) is 18.5. The second-order valence-electron chi connectivity index (χ2n) is 7.54. The lowest BCUT2D eigenvalue weighted by Crippen LogP contribution is -2.33. The summed E-state index contributed by atoms with van der Waals surface area (Å²) < 4.78 is 16.8. The maximum atomic E-state index is 14.1. The van der Waals surface area contributed by atoms with Gasteiger partial charge in [0, 0.05) is 12.4 Å². The van der Waals surface area contributed by atoms with Gasteiger partial charge in [-0.3, -0.25) is 14.2 Å². The fourth-order valence-electron chi connectivity index (χ4n) is 3.80. The average Bonchev–Trinajstić information content (AvgIpc) is 3.17. The van der Waals surface area contributed by atoms with Gasteiger partial charge >= 0.3 is 0 Å². The summed E-state index contributed by atoms with van der Waals surface area (Å²) >= 11 is 6.12. The molecule has 3 aromatic heterocycles. The molecule has 5 rings (SSSR count). The van der Waals surface area contributed by atoms with Gasteiger partial charge in [-0.1, -0.05) is 29.8 Å². The quantitative estimate of drug-likeness (QED) is 0.410. The van der Waals surface area contributed by atoms with Crippen molar-refractivity contribution in [1.29, 1.82) is 0 Å². The van der Waals surface area contributed by atoms with Crippen LogP contribution in [-0.4, -0.2) is 30.1 Å². The van der Waals surface area contributed by atoms with Gasteiger partial charge in [-0.15, -0.1) is 5.10 Å². The zero-order chi connectivity index (χ0) is 24.0. The molecule has 0 spiro atoms. The highest BCUT2D eigenvalue weighted by molar-refractivity contribution is 6.35. The van der Waals surface area contributed by atoms with Crippen molar-refractivity contribution in [2.24, 2.45) is 0 Å². The van der Waals surface area contributed by atoms with Crippen molar-refractivity contribution in [3.8, 4) is 5.69 Å². The van der Waals surface area contributed by atoms with Crippen molar-refractivity contribution in [2.75, 3.05) is 5.73 Å². The molecule has 1 amide bonds. The van der Waals surface area contributed by atoms with E-state index in [4.69, 9.17) is 17.3 Å². The molecule has 0 radical (unpaired) electrons. The normalized spacial score (nSPS) is 12.2. The van der Waals surface area contributed by atoms with Gasteiger partial charge in [0.1, 0.15) is 17.2 Å². The highest BCUT2D eigenvalue weighted by Gasteiger charge is 2.25. The van der Waals surface area contributed by atoms with E-state index < -0.39 is 23.3 Å². The molecule has 3 N–H and O–H groups in total. The van der Waals surface area contributed by atoms with E-state index in [9.17, 15) is 14.0 Å². The van der Waals surface area contributed by atoms with Crippen LogP contribution in [-0.2, 0) is 0 Å². The Labute approximate surface area is 196 Å². The average molecular weight is 478 g/mol. The molecule has 2 aromatic carbocycles. The Hall–Kier alpha value is -4.31. The molecular formula is C23H17ClFN7O2. The van der Waals surface area contributed by atoms with Gasteiger partial charge in [0.25, 0.3) is 11.5 Å². The Balaban J connectivity index is 1.65. The van der Waals surface area contributed by atoms with Crippen LogP contribution in [0.4, 0.5) is 10.2 Å². The first-order valence-corrected chi connectivity index (χ1v) is 10.6. The van der Waals surface area contributed by atoms with Crippen molar-refractivity contribution >= 4 is 39.9 Å². The molecule has 34 heavy (non-hydrogen) atoms. The number of carbonyl (C=O) groups excluding carboxylic acids is 1. The van der Waals surface area contributed by atoms with Gasteiger partial charge < -0.3 is 11.1 Å². The Morgan fingerprint density at radius 3 is 2.71 bits per heavy atom. The Morgan fingerprint density at radius 1 is 1.18 bits per heavy atom. The smallest absolute Gasteiger partial charge is 0.267 e. The number of halogens is 2. The predicted molar refractivity (Wildman–Crippen MR) is 126 cm³/mol. The predicted octanol–water partition coefficient (Wildman–Crippen LogP) is 3.29. The van der Waals surface area contributed by atoms with Crippen molar-refractivity contribution < 1.29 is 9.18 Å². The van der Waals surface area contributed by atoms with Gasteiger partial charge in [-0.25, -0.2) is 18.9 Å². The Bertz CT molecular complexity index is 1630. The van der Waals surface area contributed by atoms with Crippen LogP contribution in [0.2, 0.25) is 5.02 Å². The first kappa shape index (κ1) is 21.5. The summed E-state index contributed by atoms with van der Waals surface area (Å²) in [6.45, 7) is 1.67. The summed E-state index contributed by atoms with van der Waals surface area (Å²) in [5.74, 6) is -1.03. The van der Waals surface area contributed by atoms with Gasteiger partial charge in [-0.05, 0) is 37.3 Å². The van der Waals surface area contributed by atoms with E-state index in [2.05, 4.69) is 20.4 Å². The van der Waals surface area contributed by atoms with Gasteiger partial charge in [0.05, 0.1) is 27.7 Å². The zero-order valence-electron chi connectivity index (χ0n) is 17.7.